The van der Waals surface area contributed by atoms with Crippen molar-refractivity contribution in [1.82, 2.24) is 9.80 Å². The zero-order valence-electron chi connectivity index (χ0n) is 14.8. The van der Waals surface area contributed by atoms with E-state index in [4.69, 9.17) is 0 Å². The van der Waals surface area contributed by atoms with Crippen LogP contribution in [0, 0.1) is 5.92 Å². The van der Waals surface area contributed by atoms with E-state index in [-0.39, 0.29) is 6.04 Å². The minimum atomic E-state index is -0.662. The molecule has 1 aliphatic heterocycles. The molecule has 0 aromatic heterocycles. The Hall–Kier alpha value is -0.610. The maximum Gasteiger partial charge on any atom is 0.322 e. The lowest BCUT2D eigenvalue weighted by molar-refractivity contribution is -0.145. The van der Waals surface area contributed by atoms with Gasteiger partial charge in [0, 0.05) is 19.6 Å². The lowest BCUT2D eigenvalue weighted by atomic mass is 10.1. The molecule has 0 saturated carbocycles. The van der Waals surface area contributed by atoms with Gasteiger partial charge in [0.2, 0.25) is 0 Å². The third-order valence-electron chi connectivity index (χ3n) is 3.88. The highest BCUT2D eigenvalue weighted by Crippen LogP contribution is 2.13. The molecular formula is C17H36N2O2. The Morgan fingerprint density at radius 2 is 1.86 bits per heavy atom. The summed E-state index contributed by atoms with van der Waals surface area (Å²) in [5.74, 6) is 0.0846. The normalized spacial score (nSPS) is 20.2. The molecule has 1 unspecified atom stereocenters. The highest BCUT2D eigenvalue weighted by molar-refractivity contribution is 5.74. The Morgan fingerprint density at radius 3 is 2.38 bits per heavy atom. The van der Waals surface area contributed by atoms with Gasteiger partial charge in [-0.1, -0.05) is 47.5 Å². The van der Waals surface area contributed by atoms with E-state index in [0.717, 1.165) is 44.9 Å². The largest absolute Gasteiger partial charge is 0.480 e. The molecule has 1 rings (SSSR count). The number of carboxylic acids is 1. The van der Waals surface area contributed by atoms with Crippen molar-refractivity contribution in [2.24, 2.45) is 5.92 Å². The first-order chi connectivity index (χ1) is 10.0. The van der Waals surface area contributed by atoms with Crippen molar-refractivity contribution in [1.29, 1.82) is 0 Å². The van der Waals surface area contributed by atoms with E-state index in [2.05, 4.69) is 30.6 Å². The molecule has 4 heteroatoms. The predicted octanol–water partition coefficient (Wildman–Crippen LogP) is 3.32. The Morgan fingerprint density at radius 1 is 1.19 bits per heavy atom. The van der Waals surface area contributed by atoms with Crippen LogP contribution in [-0.2, 0) is 4.79 Å². The van der Waals surface area contributed by atoms with Crippen LogP contribution in [0.5, 0.6) is 0 Å². The molecule has 0 amide bonds. The number of hydrogen-bond donors (Lipinski definition) is 1. The number of unbranched alkanes of at least 4 members (excludes halogenated alkanes) is 1. The highest BCUT2D eigenvalue weighted by Gasteiger charge is 2.31. The second-order valence-corrected chi connectivity index (χ2v) is 6.08. The third-order valence-corrected chi connectivity index (χ3v) is 3.88. The Bertz CT molecular complexity index is 270. The summed E-state index contributed by atoms with van der Waals surface area (Å²) >= 11 is 0. The summed E-state index contributed by atoms with van der Waals surface area (Å²) in [6, 6.07) is -0.306. The molecule has 0 aliphatic carbocycles. The van der Waals surface area contributed by atoms with Crippen LogP contribution < -0.4 is 0 Å². The van der Waals surface area contributed by atoms with Crippen molar-refractivity contribution in [3.05, 3.63) is 0 Å². The molecule has 1 heterocycles. The number of rotatable bonds is 8. The summed E-state index contributed by atoms with van der Waals surface area (Å²) in [5, 5.41) is 9.37. The van der Waals surface area contributed by atoms with E-state index in [9.17, 15) is 9.90 Å². The van der Waals surface area contributed by atoms with E-state index in [1.54, 1.807) is 0 Å². The smallest absolute Gasteiger partial charge is 0.322 e. The summed E-state index contributed by atoms with van der Waals surface area (Å²) in [6.45, 7) is 15.2. The van der Waals surface area contributed by atoms with Gasteiger partial charge in [0.1, 0.15) is 6.04 Å². The maximum atomic E-state index is 11.4. The van der Waals surface area contributed by atoms with E-state index < -0.39 is 5.97 Å². The van der Waals surface area contributed by atoms with Crippen LogP contribution in [0.15, 0.2) is 0 Å². The number of aliphatic carboxylic acids is 1. The fraction of sp³-hybridized carbons (Fsp3) is 0.941. The first kappa shape index (κ1) is 20.4. The first-order valence-electron chi connectivity index (χ1n) is 8.73. The quantitative estimate of drug-likeness (QED) is 0.698. The monoisotopic (exact) mass is 300 g/mol. The number of nitrogens with zero attached hydrogens (tertiary/aromatic N) is 2. The van der Waals surface area contributed by atoms with Crippen LogP contribution >= 0.6 is 0 Å². The standard InChI is InChI=1S/C15H30N2O2.C2H6/c1-4-8-16-10-11-17(14(12-16)15(18)19)9-6-5-7-13(2)3;1-2/h13-14H,4-12H2,1-3H3,(H,18,19);1-2H3. The molecule has 0 spiro atoms. The SMILES string of the molecule is CC.CCCN1CCN(CCCCC(C)C)C(C(=O)O)C1. The van der Waals surface area contributed by atoms with Gasteiger partial charge in [-0.2, -0.15) is 0 Å². The van der Waals surface area contributed by atoms with Crippen molar-refractivity contribution in [3.63, 3.8) is 0 Å². The van der Waals surface area contributed by atoms with Gasteiger partial charge in [0.15, 0.2) is 0 Å². The minimum absolute atomic E-state index is 0.306. The van der Waals surface area contributed by atoms with Crippen LogP contribution in [0.4, 0.5) is 0 Å². The summed E-state index contributed by atoms with van der Waals surface area (Å²) in [6.07, 6.45) is 4.67. The number of carbonyl (C=O) groups is 1. The Labute approximate surface area is 131 Å². The van der Waals surface area contributed by atoms with Gasteiger partial charge in [0.05, 0.1) is 0 Å². The molecule has 1 saturated heterocycles. The van der Waals surface area contributed by atoms with Crippen LogP contribution in [0.25, 0.3) is 0 Å². The predicted molar refractivity (Wildman–Crippen MR) is 89.8 cm³/mol. The molecule has 21 heavy (non-hydrogen) atoms. The van der Waals surface area contributed by atoms with Gasteiger partial charge in [-0.05, 0) is 31.8 Å². The van der Waals surface area contributed by atoms with Crippen LogP contribution in [0.2, 0.25) is 0 Å². The molecule has 126 valence electrons. The van der Waals surface area contributed by atoms with Crippen molar-refractivity contribution in [3.8, 4) is 0 Å². The van der Waals surface area contributed by atoms with Gasteiger partial charge in [-0.25, -0.2) is 0 Å². The maximum absolute atomic E-state index is 11.4. The van der Waals surface area contributed by atoms with E-state index in [0.29, 0.717) is 6.54 Å². The second kappa shape index (κ2) is 12.0. The zero-order chi connectivity index (χ0) is 16.3. The molecule has 0 bridgehead atoms. The zero-order valence-corrected chi connectivity index (χ0v) is 14.8. The average molecular weight is 300 g/mol. The fourth-order valence-corrected chi connectivity index (χ4v) is 2.77. The molecule has 0 radical (unpaired) electrons. The van der Waals surface area contributed by atoms with E-state index in [1.807, 2.05) is 13.8 Å². The van der Waals surface area contributed by atoms with E-state index >= 15 is 0 Å². The summed E-state index contributed by atoms with van der Waals surface area (Å²) < 4.78 is 0. The van der Waals surface area contributed by atoms with Gasteiger partial charge >= 0.3 is 5.97 Å². The van der Waals surface area contributed by atoms with Crippen LogP contribution in [0.3, 0.4) is 0 Å². The van der Waals surface area contributed by atoms with Gasteiger partial charge in [-0.3, -0.25) is 14.6 Å². The minimum Gasteiger partial charge on any atom is -0.480 e. The van der Waals surface area contributed by atoms with Crippen molar-refractivity contribution >= 4 is 5.97 Å². The summed E-state index contributed by atoms with van der Waals surface area (Å²) in [5.41, 5.74) is 0. The van der Waals surface area contributed by atoms with E-state index in [1.165, 1.54) is 12.8 Å². The molecule has 0 aromatic carbocycles. The lowest BCUT2D eigenvalue weighted by Crippen LogP contribution is -2.56. The molecule has 1 aliphatic rings. The summed E-state index contributed by atoms with van der Waals surface area (Å²) in [4.78, 5) is 15.8. The lowest BCUT2D eigenvalue weighted by Gasteiger charge is -2.39. The first-order valence-corrected chi connectivity index (χ1v) is 8.73. The van der Waals surface area contributed by atoms with Crippen molar-refractivity contribution in [2.75, 3.05) is 32.7 Å². The third kappa shape index (κ3) is 8.42. The topological polar surface area (TPSA) is 43.8 Å². The second-order valence-electron chi connectivity index (χ2n) is 6.08. The number of carboxylic acid groups (broad SMARTS) is 1. The molecule has 4 nitrogen and oxygen atoms in total. The average Bonchev–Trinajstić information content (AvgIpc) is 2.46. The summed E-state index contributed by atoms with van der Waals surface area (Å²) in [7, 11) is 0. The molecular weight excluding hydrogens is 264 g/mol. The van der Waals surface area contributed by atoms with Crippen molar-refractivity contribution in [2.45, 2.75) is 66.3 Å². The fourth-order valence-electron chi connectivity index (χ4n) is 2.77. The molecule has 1 N–H and O–H groups in total. The number of hydrogen-bond acceptors (Lipinski definition) is 3. The highest BCUT2D eigenvalue weighted by atomic mass is 16.4. The van der Waals surface area contributed by atoms with Crippen LogP contribution in [-0.4, -0.2) is 59.6 Å². The van der Waals surface area contributed by atoms with Crippen LogP contribution in [0.1, 0.15) is 60.3 Å². The van der Waals surface area contributed by atoms with Gasteiger partial charge in [0.25, 0.3) is 0 Å². The Kier molecular flexibility index (Phi) is 11.6. The molecule has 1 atom stereocenters. The van der Waals surface area contributed by atoms with Gasteiger partial charge < -0.3 is 5.11 Å². The van der Waals surface area contributed by atoms with Crippen molar-refractivity contribution < 1.29 is 9.90 Å². The Balaban J connectivity index is 0.00000191. The molecule has 0 aromatic rings. The number of piperazine rings is 1. The molecule has 1 fully saturated rings. The van der Waals surface area contributed by atoms with Gasteiger partial charge in [-0.15, -0.1) is 0 Å².